The van der Waals surface area contributed by atoms with Gasteiger partial charge >= 0.3 is 6.03 Å². The Bertz CT molecular complexity index is 804. The van der Waals surface area contributed by atoms with Crippen LogP contribution in [0.25, 0.3) is 11.3 Å². The van der Waals surface area contributed by atoms with E-state index in [9.17, 15) is 4.79 Å². The quantitative estimate of drug-likeness (QED) is 0.907. The summed E-state index contributed by atoms with van der Waals surface area (Å²) in [6, 6.07) is 9.63. The van der Waals surface area contributed by atoms with Crippen molar-refractivity contribution in [1.82, 2.24) is 19.8 Å². The van der Waals surface area contributed by atoms with E-state index >= 15 is 0 Å². The van der Waals surface area contributed by atoms with E-state index in [-0.39, 0.29) is 12.1 Å². The van der Waals surface area contributed by atoms with E-state index in [1.54, 1.807) is 0 Å². The highest BCUT2D eigenvalue weighted by molar-refractivity contribution is 5.76. The maximum atomic E-state index is 13.0. The summed E-state index contributed by atoms with van der Waals surface area (Å²) in [5, 5.41) is 3.25. The summed E-state index contributed by atoms with van der Waals surface area (Å²) < 4.78 is 2.19. The van der Waals surface area contributed by atoms with Crippen molar-refractivity contribution < 1.29 is 4.79 Å². The second-order valence-corrected chi connectivity index (χ2v) is 7.91. The fourth-order valence-corrected chi connectivity index (χ4v) is 4.76. The highest BCUT2D eigenvalue weighted by Crippen LogP contribution is 2.39. The number of rotatable bonds is 4. The van der Waals surface area contributed by atoms with Gasteiger partial charge in [0.05, 0.1) is 24.3 Å². The average Bonchev–Trinajstić information content (AvgIpc) is 3.30. The zero-order valence-corrected chi connectivity index (χ0v) is 15.1. The number of carbonyl (C=O) groups is 1. The monoisotopic (exact) mass is 350 g/mol. The van der Waals surface area contributed by atoms with Gasteiger partial charge in [-0.15, -0.1) is 0 Å². The number of benzene rings is 1. The van der Waals surface area contributed by atoms with Crippen LogP contribution < -0.4 is 5.32 Å². The smallest absolute Gasteiger partial charge is 0.317 e. The molecule has 0 bridgehead atoms. The molecule has 136 valence electrons. The minimum atomic E-state index is 0.130. The molecule has 5 rings (SSSR count). The Labute approximate surface area is 154 Å². The molecule has 1 aromatic heterocycles. The van der Waals surface area contributed by atoms with Crippen molar-refractivity contribution in [1.29, 1.82) is 0 Å². The Morgan fingerprint density at radius 1 is 1.12 bits per heavy atom. The SMILES string of the molecule is O=C(NC[C@@H]1c2ccccc2-c2cncn21)N(C1CCCCC1)C1CC1. The molecule has 2 saturated carbocycles. The largest absolute Gasteiger partial charge is 0.336 e. The van der Waals surface area contributed by atoms with Crippen molar-refractivity contribution in [3.05, 3.63) is 42.4 Å². The normalized spacial score (nSPS) is 21.9. The predicted molar refractivity (Wildman–Crippen MR) is 101 cm³/mol. The highest BCUT2D eigenvalue weighted by atomic mass is 16.2. The molecule has 1 aliphatic heterocycles. The first-order valence-corrected chi connectivity index (χ1v) is 10.0. The minimum absolute atomic E-state index is 0.130. The molecule has 1 N–H and O–H groups in total. The Morgan fingerprint density at radius 2 is 1.88 bits per heavy atom. The van der Waals surface area contributed by atoms with Gasteiger partial charge in [-0.1, -0.05) is 43.5 Å². The van der Waals surface area contributed by atoms with Gasteiger partial charge in [0, 0.05) is 24.2 Å². The number of imidazole rings is 1. The summed E-state index contributed by atoms with van der Waals surface area (Å²) in [5.41, 5.74) is 3.66. The van der Waals surface area contributed by atoms with Crippen LogP contribution in [0.5, 0.6) is 0 Å². The number of nitrogens with one attached hydrogen (secondary N) is 1. The molecule has 5 nitrogen and oxygen atoms in total. The van der Waals surface area contributed by atoms with Crippen LogP contribution in [0.1, 0.15) is 56.6 Å². The third-order valence-electron chi connectivity index (χ3n) is 6.19. The number of nitrogens with zero attached hydrogens (tertiary/aromatic N) is 3. The van der Waals surface area contributed by atoms with Crippen molar-refractivity contribution in [3.63, 3.8) is 0 Å². The molecule has 2 aromatic rings. The zero-order chi connectivity index (χ0) is 17.5. The van der Waals surface area contributed by atoms with Gasteiger partial charge in [0.1, 0.15) is 0 Å². The van der Waals surface area contributed by atoms with Crippen LogP contribution in [0.4, 0.5) is 4.79 Å². The van der Waals surface area contributed by atoms with E-state index in [1.807, 2.05) is 12.5 Å². The number of aromatic nitrogens is 2. The van der Waals surface area contributed by atoms with Gasteiger partial charge < -0.3 is 14.8 Å². The molecule has 26 heavy (non-hydrogen) atoms. The van der Waals surface area contributed by atoms with Gasteiger partial charge in [0.25, 0.3) is 0 Å². The fraction of sp³-hybridized carbons (Fsp3) is 0.524. The molecule has 2 amide bonds. The van der Waals surface area contributed by atoms with E-state index in [4.69, 9.17) is 0 Å². The van der Waals surface area contributed by atoms with E-state index in [0.29, 0.717) is 18.6 Å². The Kier molecular flexibility index (Phi) is 3.95. The Morgan fingerprint density at radius 3 is 2.69 bits per heavy atom. The lowest BCUT2D eigenvalue weighted by atomic mass is 9.94. The number of urea groups is 1. The van der Waals surface area contributed by atoms with Gasteiger partial charge in [-0.2, -0.15) is 0 Å². The molecule has 5 heteroatoms. The van der Waals surface area contributed by atoms with E-state index < -0.39 is 0 Å². The fourth-order valence-electron chi connectivity index (χ4n) is 4.76. The second-order valence-electron chi connectivity index (χ2n) is 7.91. The van der Waals surface area contributed by atoms with Gasteiger partial charge in [0.2, 0.25) is 0 Å². The summed E-state index contributed by atoms with van der Waals surface area (Å²) in [6.45, 7) is 0.620. The van der Waals surface area contributed by atoms with Gasteiger partial charge in [-0.3, -0.25) is 0 Å². The van der Waals surface area contributed by atoms with E-state index in [2.05, 4.69) is 44.0 Å². The van der Waals surface area contributed by atoms with Gasteiger partial charge in [-0.25, -0.2) is 9.78 Å². The van der Waals surface area contributed by atoms with E-state index in [0.717, 1.165) is 5.69 Å². The van der Waals surface area contributed by atoms with Crippen LogP contribution in [0.15, 0.2) is 36.8 Å². The number of hydrogen-bond donors (Lipinski definition) is 1. The molecule has 0 radical (unpaired) electrons. The summed E-state index contributed by atoms with van der Waals surface area (Å²) in [5.74, 6) is 0. The van der Waals surface area contributed by atoms with Crippen molar-refractivity contribution in [2.24, 2.45) is 0 Å². The number of hydrogen-bond acceptors (Lipinski definition) is 2. The van der Waals surface area contributed by atoms with Crippen molar-refractivity contribution in [2.75, 3.05) is 6.54 Å². The molecular weight excluding hydrogens is 324 g/mol. The summed E-state index contributed by atoms with van der Waals surface area (Å²) in [7, 11) is 0. The first-order valence-electron chi connectivity index (χ1n) is 10.0. The lowest BCUT2D eigenvalue weighted by molar-refractivity contribution is 0.150. The second kappa shape index (κ2) is 6.45. The molecule has 2 aliphatic carbocycles. The van der Waals surface area contributed by atoms with Crippen LogP contribution in [-0.2, 0) is 0 Å². The van der Waals surface area contributed by atoms with Crippen molar-refractivity contribution >= 4 is 6.03 Å². The molecule has 0 spiro atoms. The topological polar surface area (TPSA) is 50.2 Å². The lowest BCUT2D eigenvalue weighted by Crippen LogP contribution is -2.49. The standard InChI is InChI=1S/C21H26N4O/c26-21(25(16-10-11-16)15-6-2-1-3-7-15)23-13-20-18-9-5-4-8-17(18)19-12-22-14-24(19)20/h4-5,8-9,12,14-16,20H,1-3,6-7,10-11,13H2,(H,23,26)/t20-/m1/s1. The third-order valence-corrected chi connectivity index (χ3v) is 6.19. The number of amides is 2. The highest BCUT2D eigenvalue weighted by Gasteiger charge is 2.38. The predicted octanol–water partition coefficient (Wildman–Crippen LogP) is 3.96. The van der Waals surface area contributed by atoms with Crippen LogP contribution in [-0.4, -0.2) is 39.1 Å². The molecule has 1 aromatic carbocycles. The van der Waals surface area contributed by atoms with Crippen LogP contribution >= 0.6 is 0 Å². The minimum Gasteiger partial charge on any atom is -0.336 e. The van der Waals surface area contributed by atoms with Gasteiger partial charge in [0.15, 0.2) is 0 Å². The number of carbonyl (C=O) groups excluding carboxylic acids is 1. The molecule has 2 heterocycles. The average molecular weight is 350 g/mol. The van der Waals surface area contributed by atoms with E-state index in [1.165, 1.54) is 56.1 Å². The molecule has 2 fully saturated rings. The maximum Gasteiger partial charge on any atom is 0.317 e. The molecule has 1 atom stereocenters. The van der Waals surface area contributed by atoms with Crippen molar-refractivity contribution in [2.45, 2.75) is 63.1 Å². The Balaban J connectivity index is 1.32. The number of fused-ring (bicyclic) bond motifs is 3. The summed E-state index contributed by atoms with van der Waals surface area (Å²) >= 11 is 0. The van der Waals surface area contributed by atoms with Gasteiger partial charge in [-0.05, 0) is 31.2 Å². The summed E-state index contributed by atoms with van der Waals surface area (Å²) in [4.78, 5) is 19.5. The van der Waals surface area contributed by atoms with Crippen molar-refractivity contribution in [3.8, 4) is 11.3 Å². The zero-order valence-electron chi connectivity index (χ0n) is 15.1. The first kappa shape index (κ1) is 15.9. The maximum absolute atomic E-state index is 13.0. The molecule has 0 unspecified atom stereocenters. The third kappa shape index (κ3) is 2.70. The summed E-state index contributed by atoms with van der Waals surface area (Å²) in [6.07, 6.45) is 12.3. The molecule has 3 aliphatic rings. The molecular formula is C21H26N4O. The van der Waals surface area contributed by atoms with Crippen LogP contribution in [0, 0.1) is 0 Å². The van der Waals surface area contributed by atoms with Crippen LogP contribution in [0.2, 0.25) is 0 Å². The Hall–Kier alpha value is -2.30. The van der Waals surface area contributed by atoms with Crippen LogP contribution in [0.3, 0.4) is 0 Å². The lowest BCUT2D eigenvalue weighted by Gasteiger charge is -2.35. The molecule has 0 saturated heterocycles. The first-order chi connectivity index (χ1) is 12.8.